The van der Waals surface area contributed by atoms with Gasteiger partial charge in [-0.1, -0.05) is 37.5 Å². The summed E-state index contributed by atoms with van der Waals surface area (Å²) >= 11 is 0. The second-order valence-electron chi connectivity index (χ2n) is 7.28. The molecule has 1 aliphatic carbocycles. The first kappa shape index (κ1) is 21.3. The largest absolute Gasteiger partial charge is 0.416 e. The minimum Gasteiger partial charge on any atom is -0.349 e. The van der Waals surface area contributed by atoms with Gasteiger partial charge in [0, 0.05) is 19.0 Å². The van der Waals surface area contributed by atoms with Gasteiger partial charge in [0.2, 0.25) is 0 Å². The lowest BCUT2D eigenvalue weighted by Gasteiger charge is -2.29. The Hall–Kier alpha value is -2.45. The van der Waals surface area contributed by atoms with Crippen LogP contribution >= 0.6 is 0 Å². The number of aryl methyl sites for hydroxylation is 1. The van der Waals surface area contributed by atoms with Gasteiger partial charge in [-0.15, -0.1) is 0 Å². The van der Waals surface area contributed by atoms with Crippen molar-refractivity contribution in [1.82, 2.24) is 15.1 Å². The number of carbonyl (C=O) groups excluding carboxylic acids is 1. The van der Waals surface area contributed by atoms with Crippen LogP contribution in [0.5, 0.6) is 0 Å². The molecule has 0 saturated heterocycles. The Bertz CT molecular complexity index is 862. The molecule has 9 heteroatoms. The van der Waals surface area contributed by atoms with Crippen LogP contribution in [0.25, 0.3) is 0 Å². The Morgan fingerprint density at radius 3 is 2.55 bits per heavy atom. The molecule has 0 aliphatic heterocycles. The third kappa shape index (κ3) is 4.59. The quantitative estimate of drug-likeness (QED) is 0.550. The van der Waals surface area contributed by atoms with Crippen molar-refractivity contribution in [3.05, 3.63) is 52.8 Å². The number of halogens is 5. The summed E-state index contributed by atoms with van der Waals surface area (Å²) in [6.45, 7) is 0. The highest BCUT2D eigenvalue weighted by Crippen LogP contribution is 2.40. The number of hydrogen-bond donors (Lipinski definition) is 1. The fourth-order valence-electron chi connectivity index (χ4n) is 4.06. The van der Waals surface area contributed by atoms with Crippen molar-refractivity contribution in [1.29, 1.82) is 0 Å². The molecular weight excluding hydrogens is 393 g/mol. The summed E-state index contributed by atoms with van der Waals surface area (Å²) in [6, 6.07) is 4.77. The van der Waals surface area contributed by atoms with Crippen molar-refractivity contribution in [2.24, 2.45) is 7.05 Å². The number of amides is 1. The first-order valence-corrected chi connectivity index (χ1v) is 9.47. The fourth-order valence-corrected chi connectivity index (χ4v) is 4.06. The highest BCUT2D eigenvalue weighted by molar-refractivity contribution is 5.95. The molecule has 2 unspecified atom stereocenters. The predicted octanol–water partition coefficient (Wildman–Crippen LogP) is 5.22. The predicted molar refractivity (Wildman–Crippen MR) is 96.7 cm³/mol. The van der Waals surface area contributed by atoms with Gasteiger partial charge >= 0.3 is 6.18 Å². The molecule has 1 aromatic heterocycles. The summed E-state index contributed by atoms with van der Waals surface area (Å²) in [5.74, 6) is -1.29. The van der Waals surface area contributed by atoms with Crippen molar-refractivity contribution < 1.29 is 26.7 Å². The zero-order chi connectivity index (χ0) is 21.2. The molecule has 2 atom stereocenters. The highest BCUT2D eigenvalue weighted by Gasteiger charge is 2.38. The van der Waals surface area contributed by atoms with E-state index in [1.807, 2.05) is 0 Å². The monoisotopic (exact) mass is 415 g/mol. The van der Waals surface area contributed by atoms with Crippen LogP contribution in [0.2, 0.25) is 0 Å². The molecular formula is C20H22F5N3O. The van der Waals surface area contributed by atoms with Gasteiger partial charge in [-0.25, -0.2) is 8.78 Å². The minimum atomic E-state index is -4.51. The number of alkyl halides is 5. The van der Waals surface area contributed by atoms with Crippen LogP contribution < -0.4 is 5.32 Å². The summed E-state index contributed by atoms with van der Waals surface area (Å²) in [4.78, 5) is 12.7. The Kier molecular flexibility index (Phi) is 6.24. The van der Waals surface area contributed by atoms with E-state index in [1.165, 1.54) is 19.2 Å². The van der Waals surface area contributed by atoms with E-state index in [-0.39, 0.29) is 11.1 Å². The molecule has 3 rings (SSSR count). The normalized spacial score (nSPS) is 20.5. The second kappa shape index (κ2) is 8.51. The molecule has 1 aliphatic rings. The van der Waals surface area contributed by atoms with Gasteiger partial charge in [-0.05, 0) is 24.5 Å². The van der Waals surface area contributed by atoms with Gasteiger partial charge in [0.15, 0.2) is 0 Å². The highest BCUT2D eigenvalue weighted by atomic mass is 19.4. The van der Waals surface area contributed by atoms with Gasteiger partial charge in [-0.2, -0.15) is 18.3 Å². The standard InChI is InChI=1S/C20H22F5N3O/c1-28-17(18(21)22)14(11-26-28)19(29)27-16-10-4-2-3-8-13(16)12-7-5-6-9-15(12)20(23,24)25/h5-7,9,11,13,16,18H,2-4,8,10H2,1H3,(H,27,29). The van der Waals surface area contributed by atoms with Gasteiger partial charge in [0.1, 0.15) is 5.69 Å². The lowest BCUT2D eigenvalue weighted by Crippen LogP contribution is -2.39. The van der Waals surface area contributed by atoms with Crippen LogP contribution in [-0.2, 0) is 13.2 Å². The molecule has 1 aromatic carbocycles. The Balaban J connectivity index is 1.92. The minimum absolute atomic E-state index is 0.132. The Labute approximate surface area is 165 Å². The van der Waals surface area contributed by atoms with Crippen LogP contribution in [0.4, 0.5) is 22.0 Å². The molecule has 2 aromatic rings. The van der Waals surface area contributed by atoms with Gasteiger partial charge in [0.05, 0.1) is 17.3 Å². The zero-order valence-electron chi connectivity index (χ0n) is 15.8. The number of hydrogen-bond acceptors (Lipinski definition) is 2. The molecule has 29 heavy (non-hydrogen) atoms. The smallest absolute Gasteiger partial charge is 0.349 e. The third-order valence-corrected chi connectivity index (χ3v) is 5.43. The number of benzene rings is 1. The van der Waals surface area contributed by atoms with Crippen molar-refractivity contribution in [2.75, 3.05) is 0 Å². The number of carbonyl (C=O) groups is 1. The van der Waals surface area contributed by atoms with Gasteiger partial charge in [-0.3, -0.25) is 9.48 Å². The molecule has 0 radical (unpaired) electrons. The summed E-state index contributed by atoms with van der Waals surface area (Å²) < 4.78 is 68.1. The van der Waals surface area contributed by atoms with E-state index in [0.29, 0.717) is 12.8 Å². The van der Waals surface area contributed by atoms with Crippen LogP contribution in [0.15, 0.2) is 30.5 Å². The SMILES string of the molecule is Cn1ncc(C(=O)NC2CCCCCC2c2ccccc2C(F)(F)F)c1C(F)F. The summed E-state index contributed by atoms with van der Waals surface area (Å²) in [5, 5.41) is 6.44. The van der Waals surface area contributed by atoms with E-state index in [9.17, 15) is 26.7 Å². The van der Waals surface area contributed by atoms with Crippen LogP contribution in [0.1, 0.15) is 71.6 Å². The van der Waals surface area contributed by atoms with Crippen LogP contribution in [0, 0.1) is 0 Å². The Morgan fingerprint density at radius 2 is 1.86 bits per heavy atom. The molecule has 1 amide bonds. The molecule has 158 valence electrons. The molecule has 0 spiro atoms. The van der Waals surface area contributed by atoms with E-state index in [2.05, 4.69) is 10.4 Å². The number of rotatable bonds is 4. The fraction of sp³-hybridized carbons (Fsp3) is 0.500. The van der Waals surface area contributed by atoms with Crippen LogP contribution in [0.3, 0.4) is 0 Å². The molecule has 1 saturated carbocycles. The second-order valence-corrected chi connectivity index (χ2v) is 7.28. The van der Waals surface area contributed by atoms with E-state index in [0.717, 1.165) is 36.2 Å². The van der Waals surface area contributed by atoms with E-state index < -0.39 is 41.7 Å². The van der Waals surface area contributed by atoms with Gasteiger partial charge < -0.3 is 5.32 Å². The maximum atomic E-state index is 13.5. The lowest BCUT2D eigenvalue weighted by molar-refractivity contribution is -0.138. The van der Waals surface area contributed by atoms with Crippen molar-refractivity contribution >= 4 is 5.91 Å². The van der Waals surface area contributed by atoms with Crippen molar-refractivity contribution in [3.8, 4) is 0 Å². The number of nitrogens with zero attached hydrogens (tertiary/aromatic N) is 2. The topological polar surface area (TPSA) is 46.9 Å². The van der Waals surface area contributed by atoms with E-state index in [4.69, 9.17) is 0 Å². The lowest BCUT2D eigenvalue weighted by atomic mass is 9.84. The van der Waals surface area contributed by atoms with E-state index in [1.54, 1.807) is 6.07 Å². The van der Waals surface area contributed by atoms with Gasteiger partial charge in [0.25, 0.3) is 12.3 Å². The number of nitrogens with one attached hydrogen (secondary N) is 1. The average Bonchev–Trinajstić information content (AvgIpc) is 2.90. The molecule has 4 nitrogen and oxygen atoms in total. The molecule has 1 fully saturated rings. The maximum absolute atomic E-state index is 13.5. The zero-order valence-corrected chi connectivity index (χ0v) is 15.8. The first-order valence-electron chi connectivity index (χ1n) is 9.47. The molecule has 0 bridgehead atoms. The first-order chi connectivity index (χ1) is 13.7. The average molecular weight is 415 g/mol. The molecule has 1 N–H and O–H groups in total. The third-order valence-electron chi connectivity index (χ3n) is 5.43. The maximum Gasteiger partial charge on any atom is 0.416 e. The Morgan fingerprint density at radius 1 is 1.17 bits per heavy atom. The summed E-state index contributed by atoms with van der Waals surface area (Å²) in [5.41, 5.74) is -1.36. The van der Waals surface area contributed by atoms with Crippen LogP contribution in [-0.4, -0.2) is 21.7 Å². The summed E-state index contributed by atoms with van der Waals surface area (Å²) in [6.07, 6.45) is -3.07. The van der Waals surface area contributed by atoms with Crippen molar-refractivity contribution in [2.45, 2.75) is 56.7 Å². The molecule has 1 heterocycles. The van der Waals surface area contributed by atoms with Crippen molar-refractivity contribution in [3.63, 3.8) is 0 Å². The number of aromatic nitrogens is 2. The van der Waals surface area contributed by atoms with E-state index >= 15 is 0 Å². The summed E-state index contributed by atoms with van der Waals surface area (Å²) in [7, 11) is 1.31.